The Morgan fingerprint density at radius 1 is 1.42 bits per heavy atom. The Labute approximate surface area is 112 Å². The molecule has 0 aliphatic heterocycles. The topological polar surface area (TPSA) is 101 Å². The molecule has 1 rings (SSSR count). The molecule has 2 N–H and O–H groups in total. The summed E-state index contributed by atoms with van der Waals surface area (Å²) in [5.74, 6) is -0.322. The van der Waals surface area contributed by atoms with Crippen molar-refractivity contribution in [2.24, 2.45) is 0 Å². The normalized spacial score (nSPS) is 11.5. The van der Waals surface area contributed by atoms with Gasteiger partial charge in [-0.3, -0.25) is 9.89 Å². The molecular weight excluding hydrogens is 270 g/mol. The van der Waals surface area contributed by atoms with Crippen LogP contribution in [0, 0.1) is 13.8 Å². The first-order chi connectivity index (χ1) is 8.88. The third-order valence-corrected chi connectivity index (χ3v) is 4.21. The second-order valence-electron chi connectivity index (χ2n) is 4.07. The summed E-state index contributed by atoms with van der Waals surface area (Å²) < 4.78 is 31.2. The molecule has 0 saturated heterocycles. The fourth-order valence-corrected chi connectivity index (χ4v) is 3.12. The van der Waals surface area contributed by atoms with Gasteiger partial charge in [-0.05, 0) is 27.2 Å². The van der Waals surface area contributed by atoms with Gasteiger partial charge >= 0.3 is 5.97 Å². The predicted octanol–water partition coefficient (Wildman–Crippen LogP) is 0.648. The van der Waals surface area contributed by atoms with Crippen LogP contribution in [0.1, 0.15) is 31.2 Å². The van der Waals surface area contributed by atoms with Gasteiger partial charge in [0.05, 0.1) is 18.0 Å². The molecule has 0 aliphatic carbocycles. The van der Waals surface area contributed by atoms with Crippen molar-refractivity contribution in [3.63, 3.8) is 0 Å². The molecule has 8 heteroatoms. The van der Waals surface area contributed by atoms with Crippen molar-refractivity contribution in [1.29, 1.82) is 0 Å². The number of aromatic nitrogens is 2. The Morgan fingerprint density at radius 2 is 2.11 bits per heavy atom. The summed E-state index contributed by atoms with van der Waals surface area (Å²) in [5.41, 5.74) is 0.922. The third kappa shape index (κ3) is 4.32. The quantitative estimate of drug-likeness (QED) is 0.567. The first-order valence-electron chi connectivity index (χ1n) is 6.05. The zero-order valence-corrected chi connectivity index (χ0v) is 12.1. The molecule has 1 aromatic rings. The van der Waals surface area contributed by atoms with Crippen LogP contribution in [0.3, 0.4) is 0 Å². The van der Waals surface area contributed by atoms with E-state index in [-0.39, 0.29) is 23.8 Å². The minimum Gasteiger partial charge on any atom is -0.466 e. The van der Waals surface area contributed by atoms with E-state index in [9.17, 15) is 13.2 Å². The highest BCUT2D eigenvalue weighted by Gasteiger charge is 2.21. The van der Waals surface area contributed by atoms with Crippen LogP contribution in [0.5, 0.6) is 0 Å². The van der Waals surface area contributed by atoms with E-state index in [4.69, 9.17) is 4.74 Å². The van der Waals surface area contributed by atoms with E-state index in [1.165, 1.54) is 0 Å². The lowest BCUT2D eigenvalue weighted by atomic mass is 10.3. The minimum absolute atomic E-state index is 0.170. The van der Waals surface area contributed by atoms with E-state index in [0.29, 0.717) is 24.4 Å². The van der Waals surface area contributed by atoms with Gasteiger partial charge in [0, 0.05) is 13.0 Å². The number of carbonyl (C=O) groups is 1. The Balaban J connectivity index is 2.51. The van der Waals surface area contributed by atoms with Gasteiger partial charge in [0.15, 0.2) is 0 Å². The van der Waals surface area contributed by atoms with E-state index in [2.05, 4.69) is 14.9 Å². The van der Waals surface area contributed by atoms with Gasteiger partial charge in [-0.1, -0.05) is 0 Å². The summed E-state index contributed by atoms with van der Waals surface area (Å²) in [7, 11) is -3.58. The van der Waals surface area contributed by atoms with Crippen molar-refractivity contribution < 1.29 is 17.9 Å². The van der Waals surface area contributed by atoms with Crippen molar-refractivity contribution in [2.45, 2.75) is 38.5 Å². The molecule has 0 saturated carbocycles. The molecule has 1 heterocycles. The number of esters is 1. The van der Waals surface area contributed by atoms with Crippen LogP contribution in [0.2, 0.25) is 0 Å². The molecule has 19 heavy (non-hydrogen) atoms. The molecule has 0 atom stereocenters. The first-order valence-corrected chi connectivity index (χ1v) is 7.53. The Kier molecular flexibility index (Phi) is 5.49. The summed E-state index contributed by atoms with van der Waals surface area (Å²) in [6.45, 7) is 5.51. The number of aryl methyl sites for hydroxylation is 2. The molecular formula is C11H19N3O4S. The lowest BCUT2D eigenvalue weighted by Gasteiger charge is -2.06. The summed E-state index contributed by atoms with van der Waals surface area (Å²) in [6.07, 6.45) is 0.591. The van der Waals surface area contributed by atoms with E-state index in [1.807, 2.05) is 0 Å². The Bertz CT molecular complexity index is 517. The van der Waals surface area contributed by atoms with Gasteiger partial charge in [-0.2, -0.15) is 5.10 Å². The van der Waals surface area contributed by atoms with E-state index in [1.54, 1.807) is 20.8 Å². The molecule has 0 fully saturated rings. The number of aromatic amines is 1. The fourth-order valence-electron chi connectivity index (χ4n) is 1.68. The number of hydrogen-bond acceptors (Lipinski definition) is 5. The van der Waals surface area contributed by atoms with E-state index < -0.39 is 10.0 Å². The fraction of sp³-hybridized carbons (Fsp3) is 0.636. The Morgan fingerprint density at radius 3 is 2.63 bits per heavy atom. The maximum Gasteiger partial charge on any atom is 0.305 e. The second kappa shape index (κ2) is 6.67. The minimum atomic E-state index is -3.58. The highest BCUT2D eigenvalue weighted by molar-refractivity contribution is 7.89. The number of hydrogen-bond donors (Lipinski definition) is 2. The zero-order valence-electron chi connectivity index (χ0n) is 11.3. The molecule has 0 aliphatic rings. The SMILES string of the molecule is CCOC(=O)CCCNS(=O)(=O)c1c(C)n[nH]c1C. The Hall–Kier alpha value is -1.41. The smallest absolute Gasteiger partial charge is 0.305 e. The monoisotopic (exact) mass is 289 g/mol. The van der Waals surface area contributed by atoms with E-state index in [0.717, 1.165) is 0 Å². The molecule has 0 spiro atoms. The highest BCUT2D eigenvalue weighted by atomic mass is 32.2. The third-order valence-electron chi connectivity index (χ3n) is 2.48. The van der Waals surface area contributed by atoms with Gasteiger partial charge in [0.1, 0.15) is 4.90 Å². The van der Waals surface area contributed by atoms with Gasteiger partial charge in [-0.25, -0.2) is 13.1 Å². The number of sulfonamides is 1. The van der Waals surface area contributed by atoms with Gasteiger partial charge < -0.3 is 4.74 Å². The average Bonchev–Trinajstić information content (AvgIpc) is 2.65. The summed E-state index contributed by atoms with van der Waals surface area (Å²) >= 11 is 0. The van der Waals surface area contributed by atoms with Crippen LogP contribution >= 0.6 is 0 Å². The standard InChI is InChI=1S/C11H19N3O4S/c1-4-18-10(15)6-5-7-12-19(16,17)11-8(2)13-14-9(11)3/h12H,4-7H2,1-3H3,(H,13,14). The van der Waals surface area contributed by atoms with Crippen LogP contribution in [0.15, 0.2) is 4.90 Å². The number of ether oxygens (including phenoxy) is 1. The number of nitrogens with zero attached hydrogens (tertiary/aromatic N) is 1. The zero-order chi connectivity index (χ0) is 14.5. The molecule has 0 amide bonds. The van der Waals surface area contributed by atoms with Crippen LogP contribution < -0.4 is 4.72 Å². The number of rotatable bonds is 7. The lowest BCUT2D eigenvalue weighted by Crippen LogP contribution is -2.26. The maximum absolute atomic E-state index is 12.0. The number of H-pyrrole nitrogens is 1. The molecule has 0 aromatic carbocycles. The molecule has 0 unspecified atom stereocenters. The van der Waals surface area contributed by atoms with Crippen LogP contribution in [-0.4, -0.2) is 37.7 Å². The van der Waals surface area contributed by atoms with Gasteiger partial charge in [0.2, 0.25) is 10.0 Å². The van der Waals surface area contributed by atoms with Crippen molar-refractivity contribution in [3.8, 4) is 0 Å². The molecule has 0 radical (unpaired) electrons. The molecule has 0 bridgehead atoms. The van der Waals surface area contributed by atoms with Crippen molar-refractivity contribution in [3.05, 3.63) is 11.4 Å². The van der Waals surface area contributed by atoms with Crippen molar-refractivity contribution in [1.82, 2.24) is 14.9 Å². The molecule has 1 aromatic heterocycles. The molecule has 108 valence electrons. The predicted molar refractivity (Wildman–Crippen MR) is 69.1 cm³/mol. The summed E-state index contributed by atoms with van der Waals surface area (Å²) in [5, 5.41) is 6.47. The van der Waals surface area contributed by atoms with Gasteiger partial charge in [-0.15, -0.1) is 0 Å². The average molecular weight is 289 g/mol. The number of nitrogens with one attached hydrogen (secondary N) is 2. The summed E-state index contributed by atoms with van der Waals surface area (Å²) in [4.78, 5) is 11.3. The van der Waals surface area contributed by atoms with E-state index >= 15 is 0 Å². The molecule has 7 nitrogen and oxygen atoms in total. The largest absolute Gasteiger partial charge is 0.466 e. The van der Waals surface area contributed by atoms with Crippen LogP contribution in [0.25, 0.3) is 0 Å². The number of carbonyl (C=O) groups excluding carboxylic acids is 1. The summed E-state index contributed by atoms with van der Waals surface area (Å²) in [6, 6.07) is 0. The second-order valence-corrected chi connectivity index (χ2v) is 5.77. The highest BCUT2D eigenvalue weighted by Crippen LogP contribution is 2.16. The lowest BCUT2D eigenvalue weighted by molar-refractivity contribution is -0.143. The van der Waals surface area contributed by atoms with Gasteiger partial charge in [0.25, 0.3) is 0 Å². The van der Waals surface area contributed by atoms with Crippen molar-refractivity contribution in [2.75, 3.05) is 13.2 Å². The first kappa shape index (κ1) is 15.6. The van der Waals surface area contributed by atoms with Crippen LogP contribution in [0.4, 0.5) is 0 Å². The van der Waals surface area contributed by atoms with Crippen molar-refractivity contribution >= 4 is 16.0 Å². The van der Waals surface area contributed by atoms with Crippen LogP contribution in [-0.2, 0) is 19.6 Å². The maximum atomic E-state index is 12.0.